The number of aromatic nitrogens is 1. The lowest BCUT2D eigenvalue weighted by atomic mass is 9.83. The van der Waals surface area contributed by atoms with E-state index in [1.165, 1.54) is 0 Å². The van der Waals surface area contributed by atoms with E-state index in [4.69, 9.17) is 5.73 Å². The molecule has 1 saturated carbocycles. The highest BCUT2D eigenvalue weighted by atomic mass is 16.2. The zero-order valence-corrected chi connectivity index (χ0v) is 9.97. The average molecular weight is 242 g/mol. The molecular weight excluding hydrogens is 228 g/mol. The van der Waals surface area contributed by atoms with Gasteiger partial charge >= 0.3 is 0 Å². The number of nitrogens with two attached hydrogens (primary N) is 1. The van der Waals surface area contributed by atoms with Gasteiger partial charge in [-0.2, -0.15) is 5.26 Å². The molecule has 1 aliphatic carbocycles. The van der Waals surface area contributed by atoms with E-state index >= 15 is 0 Å². The molecule has 5 nitrogen and oxygen atoms in total. The van der Waals surface area contributed by atoms with Gasteiger partial charge in [0.1, 0.15) is 11.2 Å². The predicted octanol–water partition coefficient (Wildman–Crippen LogP) is 1.32. The molecule has 5 heteroatoms. The van der Waals surface area contributed by atoms with Gasteiger partial charge in [0.2, 0.25) is 5.91 Å². The molecule has 0 radical (unpaired) electrons. The van der Waals surface area contributed by atoms with Gasteiger partial charge in [-0.1, -0.05) is 0 Å². The number of anilines is 2. The second kappa shape index (κ2) is 3.70. The predicted molar refractivity (Wildman–Crippen MR) is 66.4 cm³/mol. The number of rotatable bonds is 2. The number of nitriles is 1. The molecule has 0 bridgehead atoms. The summed E-state index contributed by atoms with van der Waals surface area (Å²) in [7, 11) is 0. The van der Waals surface area contributed by atoms with Crippen molar-refractivity contribution >= 4 is 17.4 Å². The summed E-state index contributed by atoms with van der Waals surface area (Å²) < 4.78 is 0. The third-order valence-electron chi connectivity index (χ3n) is 3.91. The van der Waals surface area contributed by atoms with Gasteiger partial charge in [0, 0.05) is 24.5 Å². The van der Waals surface area contributed by atoms with Crippen LogP contribution in [0.2, 0.25) is 0 Å². The molecule has 0 unspecified atom stereocenters. The number of nitrogen functional groups attached to an aromatic ring is 1. The van der Waals surface area contributed by atoms with Crippen LogP contribution in [0.5, 0.6) is 0 Å². The SMILES string of the molecule is N#C[C@]1(C2CC2)CCN(c2ccnc(N)c2)C1=O. The Morgan fingerprint density at radius 3 is 2.94 bits per heavy atom. The maximum Gasteiger partial charge on any atom is 0.247 e. The molecule has 2 aliphatic rings. The van der Waals surface area contributed by atoms with Crippen molar-refractivity contribution < 1.29 is 4.79 Å². The maximum absolute atomic E-state index is 12.5. The van der Waals surface area contributed by atoms with Crippen LogP contribution < -0.4 is 10.6 Å². The number of nitrogens with zero attached hydrogens (tertiary/aromatic N) is 3. The Balaban J connectivity index is 1.93. The normalized spacial score (nSPS) is 27.3. The van der Waals surface area contributed by atoms with Gasteiger partial charge in [0.25, 0.3) is 0 Å². The first-order valence-corrected chi connectivity index (χ1v) is 6.12. The summed E-state index contributed by atoms with van der Waals surface area (Å²) in [5, 5.41) is 9.38. The van der Waals surface area contributed by atoms with Gasteiger partial charge in [0.15, 0.2) is 0 Å². The number of pyridine rings is 1. The zero-order valence-electron chi connectivity index (χ0n) is 9.97. The van der Waals surface area contributed by atoms with E-state index in [2.05, 4.69) is 11.1 Å². The van der Waals surface area contributed by atoms with Crippen LogP contribution >= 0.6 is 0 Å². The van der Waals surface area contributed by atoms with E-state index in [9.17, 15) is 10.1 Å². The largest absolute Gasteiger partial charge is 0.384 e. The van der Waals surface area contributed by atoms with Crippen LogP contribution in [0.25, 0.3) is 0 Å². The van der Waals surface area contributed by atoms with Gasteiger partial charge in [-0.25, -0.2) is 4.98 Å². The lowest BCUT2D eigenvalue weighted by Crippen LogP contribution is -2.35. The first-order chi connectivity index (χ1) is 8.67. The van der Waals surface area contributed by atoms with Crippen molar-refractivity contribution in [1.29, 1.82) is 5.26 Å². The van der Waals surface area contributed by atoms with Crippen LogP contribution in [0.4, 0.5) is 11.5 Å². The summed E-state index contributed by atoms with van der Waals surface area (Å²) in [6, 6.07) is 5.70. The summed E-state index contributed by atoms with van der Waals surface area (Å²) >= 11 is 0. The molecule has 1 saturated heterocycles. The number of hydrogen-bond acceptors (Lipinski definition) is 4. The molecule has 2 heterocycles. The smallest absolute Gasteiger partial charge is 0.247 e. The van der Waals surface area contributed by atoms with E-state index < -0.39 is 5.41 Å². The monoisotopic (exact) mass is 242 g/mol. The summed E-state index contributed by atoms with van der Waals surface area (Å²) in [6.07, 6.45) is 4.19. The number of amides is 1. The molecule has 2 fully saturated rings. The van der Waals surface area contributed by atoms with Gasteiger partial charge in [-0.3, -0.25) is 4.79 Å². The maximum atomic E-state index is 12.5. The fourth-order valence-electron chi connectivity index (χ4n) is 2.74. The first kappa shape index (κ1) is 11.0. The van der Waals surface area contributed by atoms with E-state index in [1.54, 1.807) is 23.2 Å². The van der Waals surface area contributed by atoms with Crippen molar-refractivity contribution in [2.24, 2.45) is 11.3 Å². The summed E-state index contributed by atoms with van der Waals surface area (Å²) in [5.74, 6) is 0.568. The van der Waals surface area contributed by atoms with Gasteiger partial charge in [0.05, 0.1) is 6.07 Å². The molecule has 1 aromatic rings. The molecule has 18 heavy (non-hydrogen) atoms. The highest BCUT2D eigenvalue weighted by Crippen LogP contribution is 2.51. The first-order valence-electron chi connectivity index (χ1n) is 6.12. The quantitative estimate of drug-likeness (QED) is 0.847. The van der Waals surface area contributed by atoms with Crippen molar-refractivity contribution in [3.63, 3.8) is 0 Å². The number of carbonyl (C=O) groups excluding carboxylic acids is 1. The molecule has 1 atom stereocenters. The molecule has 2 N–H and O–H groups in total. The third-order valence-corrected chi connectivity index (χ3v) is 3.91. The number of carbonyl (C=O) groups is 1. The van der Waals surface area contributed by atoms with Crippen LogP contribution in [-0.2, 0) is 4.79 Å². The third kappa shape index (κ3) is 1.46. The summed E-state index contributed by atoms with van der Waals surface area (Å²) in [6.45, 7) is 0.590. The van der Waals surface area contributed by atoms with E-state index in [-0.39, 0.29) is 11.8 Å². The fraction of sp³-hybridized carbons (Fsp3) is 0.462. The Labute approximate surface area is 105 Å². The van der Waals surface area contributed by atoms with Crippen molar-refractivity contribution in [2.75, 3.05) is 17.2 Å². The molecular formula is C13H14N4O. The van der Waals surface area contributed by atoms with Gasteiger partial charge < -0.3 is 10.6 Å². The Kier molecular flexibility index (Phi) is 2.27. The Hall–Kier alpha value is -2.09. The number of hydrogen-bond donors (Lipinski definition) is 1. The molecule has 3 rings (SSSR count). The minimum atomic E-state index is -0.794. The van der Waals surface area contributed by atoms with Crippen LogP contribution in [0.1, 0.15) is 19.3 Å². The van der Waals surface area contributed by atoms with Crippen molar-refractivity contribution in [1.82, 2.24) is 4.98 Å². The highest BCUT2D eigenvalue weighted by molar-refractivity contribution is 6.02. The molecule has 1 aromatic heterocycles. The fourth-order valence-corrected chi connectivity index (χ4v) is 2.74. The molecule has 1 aliphatic heterocycles. The lowest BCUT2D eigenvalue weighted by Gasteiger charge is -2.20. The summed E-state index contributed by atoms with van der Waals surface area (Å²) in [4.78, 5) is 18.1. The highest BCUT2D eigenvalue weighted by Gasteiger charge is 2.56. The van der Waals surface area contributed by atoms with Crippen molar-refractivity contribution in [2.45, 2.75) is 19.3 Å². The van der Waals surface area contributed by atoms with E-state index in [1.807, 2.05) is 0 Å². The van der Waals surface area contributed by atoms with Crippen LogP contribution in [0, 0.1) is 22.7 Å². The minimum Gasteiger partial charge on any atom is -0.384 e. The second-order valence-electron chi connectivity index (χ2n) is 5.00. The van der Waals surface area contributed by atoms with Gasteiger partial charge in [-0.05, 0) is 31.2 Å². The van der Waals surface area contributed by atoms with Crippen LogP contribution in [0.3, 0.4) is 0 Å². The summed E-state index contributed by atoms with van der Waals surface area (Å²) in [5.41, 5.74) is 5.58. The topological polar surface area (TPSA) is 83.0 Å². The standard InChI is InChI=1S/C13H14N4O/c14-8-13(9-1-2-9)4-6-17(12(13)18)10-3-5-16-11(15)7-10/h3,5,7,9H,1-2,4,6H2,(H2,15,16)/t13-/m0/s1. The van der Waals surface area contributed by atoms with Crippen LogP contribution in [-0.4, -0.2) is 17.4 Å². The molecule has 1 amide bonds. The van der Waals surface area contributed by atoms with Crippen molar-refractivity contribution in [3.8, 4) is 6.07 Å². The lowest BCUT2D eigenvalue weighted by molar-refractivity contribution is -0.123. The second-order valence-corrected chi connectivity index (χ2v) is 5.00. The van der Waals surface area contributed by atoms with E-state index in [0.29, 0.717) is 18.8 Å². The molecule has 0 spiro atoms. The Morgan fingerprint density at radius 1 is 1.56 bits per heavy atom. The minimum absolute atomic E-state index is 0.0712. The Bertz CT molecular complexity index is 546. The van der Waals surface area contributed by atoms with Crippen molar-refractivity contribution in [3.05, 3.63) is 18.3 Å². The Morgan fingerprint density at radius 2 is 2.33 bits per heavy atom. The van der Waals surface area contributed by atoms with Gasteiger partial charge in [-0.15, -0.1) is 0 Å². The van der Waals surface area contributed by atoms with Crippen LogP contribution in [0.15, 0.2) is 18.3 Å². The molecule has 0 aromatic carbocycles. The average Bonchev–Trinajstić information content (AvgIpc) is 3.15. The zero-order chi connectivity index (χ0) is 12.8. The molecule has 92 valence electrons. The van der Waals surface area contributed by atoms with E-state index in [0.717, 1.165) is 18.5 Å².